The number of hydrogen-bond acceptors (Lipinski definition) is 7. The minimum atomic E-state index is -1.06. The molecule has 4 rings (SSSR count). The van der Waals surface area contributed by atoms with E-state index in [9.17, 15) is 24.5 Å². The van der Waals surface area contributed by atoms with Crippen molar-refractivity contribution in [3.8, 4) is 0 Å². The molecule has 0 spiro atoms. The van der Waals surface area contributed by atoms with Crippen LogP contribution in [0.5, 0.6) is 0 Å². The minimum absolute atomic E-state index is 0.0801. The number of anilines is 3. The Kier molecular flexibility index (Phi) is 5.40. The molecule has 0 unspecified atom stereocenters. The molecule has 11 nitrogen and oxygen atoms in total. The van der Waals surface area contributed by atoms with E-state index in [0.717, 1.165) is 32.4 Å². The van der Waals surface area contributed by atoms with Gasteiger partial charge in [0.15, 0.2) is 0 Å². The molecule has 0 aliphatic carbocycles. The summed E-state index contributed by atoms with van der Waals surface area (Å²) in [6, 6.07) is 4.11. The molecule has 162 valence electrons. The lowest BCUT2D eigenvalue weighted by Gasteiger charge is -2.29. The van der Waals surface area contributed by atoms with Gasteiger partial charge in [-0.15, -0.1) is 0 Å². The molecule has 31 heavy (non-hydrogen) atoms. The number of rotatable bonds is 4. The smallest absolute Gasteiger partial charge is 0.271 e. The molecule has 0 radical (unpaired) electrons. The molecule has 2 aromatic rings. The number of aryl methyl sites for hydroxylation is 1. The predicted molar refractivity (Wildman–Crippen MR) is 113 cm³/mol. The number of aromatic amines is 1. The van der Waals surface area contributed by atoms with Crippen LogP contribution in [-0.4, -0.2) is 39.8 Å². The lowest BCUT2D eigenvalue weighted by atomic mass is 9.92. The van der Waals surface area contributed by atoms with Gasteiger partial charge in [-0.25, -0.2) is 0 Å². The van der Waals surface area contributed by atoms with E-state index < -0.39 is 28.2 Å². The normalized spacial score (nSPS) is 18.2. The van der Waals surface area contributed by atoms with Crippen molar-refractivity contribution in [1.82, 2.24) is 9.97 Å². The zero-order valence-corrected chi connectivity index (χ0v) is 16.9. The topological polar surface area (TPSA) is 150 Å². The van der Waals surface area contributed by atoms with Gasteiger partial charge in [-0.3, -0.25) is 29.5 Å². The Morgan fingerprint density at radius 1 is 1.26 bits per heavy atom. The molecule has 2 amide bonds. The molecule has 3 N–H and O–H groups in total. The van der Waals surface area contributed by atoms with Crippen LogP contribution < -0.4 is 21.1 Å². The lowest BCUT2D eigenvalue weighted by Crippen LogP contribution is -2.38. The van der Waals surface area contributed by atoms with E-state index in [4.69, 9.17) is 0 Å². The van der Waals surface area contributed by atoms with Crippen molar-refractivity contribution < 1.29 is 14.5 Å². The third kappa shape index (κ3) is 4.11. The maximum atomic E-state index is 13.0. The Morgan fingerprint density at radius 3 is 2.71 bits per heavy atom. The van der Waals surface area contributed by atoms with E-state index in [0.29, 0.717) is 11.5 Å². The highest BCUT2D eigenvalue weighted by molar-refractivity contribution is 6.04. The first-order valence-electron chi connectivity index (χ1n) is 10.1. The third-order valence-corrected chi connectivity index (χ3v) is 5.60. The zero-order valence-electron chi connectivity index (χ0n) is 16.9. The number of nitro benzene ring substituents is 1. The van der Waals surface area contributed by atoms with Gasteiger partial charge in [-0.05, 0) is 31.7 Å². The number of nitrogens with one attached hydrogen (secondary N) is 3. The van der Waals surface area contributed by atoms with E-state index in [-0.39, 0.29) is 29.2 Å². The summed E-state index contributed by atoms with van der Waals surface area (Å²) in [5, 5.41) is 16.3. The second-order valence-corrected chi connectivity index (χ2v) is 7.75. The monoisotopic (exact) mass is 426 g/mol. The number of H-pyrrole nitrogens is 1. The summed E-state index contributed by atoms with van der Waals surface area (Å²) < 4.78 is 0. The molecule has 0 bridgehead atoms. The van der Waals surface area contributed by atoms with Gasteiger partial charge in [0, 0.05) is 31.6 Å². The van der Waals surface area contributed by atoms with Crippen molar-refractivity contribution in [2.45, 2.75) is 38.5 Å². The second-order valence-electron chi connectivity index (χ2n) is 7.75. The average molecular weight is 426 g/mol. The van der Waals surface area contributed by atoms with Crippen LogP contribution in [0.3, 0.4) is 0 Å². The average Bonchev–Trinajstić information content (AvgIpc) is 2.74. The molecular formula is C20H22N6O5. The Hall–Kier alpha value is -3.76. The molecule has 2 aliphatic rings. The Bertz CT molecular complexity index is 1120. The summed E-state index contributed by atoms with van der Waals surface area (Å²) in [5.41, 5.74) is 0.295. The number of hydrogen-bond donors (Lipinski definition) is 3. The van der Waals surface area contributed by atoms with Crippen LogP contribution in [0.2, 0.25) is 0 Å². The Morgan fingerprint density at radius 2 is 2.00 bits per heavy atom. The summed E-state index contributed by atoms with van der Waals surface area (Å²) in [6.07, 6.45) is 2.86. The van der Waals surface area contributed by atoms with Crippen molar-refractivity contribution in [2.75, 3.05) is 28.6 Å². The van der Waals surface area contributed by atoms with E-state index in [1.54, 1.807) is 6.92 Å². The number of carbonyl (C=O) groups is 2. The fraction of sp³-hybridized carbons (Fsp3) is 0.400. The highest BCUT2D eigenvalue weighted by Crippen LogP contribution is 2.31. The summed E-state index contributed by atoms with van der Waals surface area (Å²) in [5.74, 6) is -1.63. The highest BCUT2D eigenvalue weighted by Gasteiger charge is 2.35. The summed E-state index contributed by atoms with van der Waals surface area (Å²) in [6.45, 7) is 3.21. The number of nitro groups is 1. The van der Waals surface area contributed by atoms with Crippen LogP contribution in [0.4, 0.5) is 23.1 Å². The predicted octanol–water partition coefficient (Wildman–Crippen LogP) is 2.04. The number of aromatic nitrogens is 2. The van der Waals surface area contributed by atoms with E-state index in [2.05, 4.69) is 20.6 Å². The van der Waals surface area contributed by atoms with Crippen molar-refractivity contribution in [3.05, 3.63) is 49.8 Å². The SMILES string of the molecule is Cc1ccc([N+](=O)[O-])cc1NC(=O)[C@H]1CC(=O)Nc2nc(N3CCCCC3)[nH]c(=O)c21. The fourth-order valence-corrected chi connectivity index (χ4v) is 3.92. The number of non-ortho nitro benzene ring substituents is 1. The quantitative estimate of drug-likeness (QED) is 0.500. The molecule has 3 heterocycles. The maximum Gasteiger partial charge on any atom is 0.271 e. The molecule has 1 fully saturated rings. The Balaban J connectivity index is 1.65. The summed E-state index contributed by atoms with van der Waals surface area (Å²) in [4.78, 5) is 57.7. The third-order valence-electron chi connectivity index (χ3n) is 5.60. The number of fused-ring (bicyclic) bond motifs is 1. The van der Waals surface area contributed by atoms with Crippen LogP contribution in [0.15, 0.2) is 23.0 Å². The highest BCUT2D eigenvalue weighted by atomic mass is 16.6. The van der Waals surface area contributed by atoms with E-state index in [1.807, 2.05) is 4.90 Å². The van der Waals surface area contributed by atoms with Crippen molar-refractivity contribution >= 4 is 35.0 Å². The van der Waals surface area contributed by atoms with Crippen LogP contribution in [0.1, 0.15) is 42.7 Å². The first-order valence-corrected chi connectivity index (χ1v) is 10.1. The molecule has 1 atom stereocenters. The van der Waals surface area contributed by atoms with Crippen molar-refractivity contribution in [3.63, 3.8) is 0 Å². The zero-order chi connectivity index (χ0) is 22.1. The first kappa shape index (κ1) is 20.5. The Labute approximate surface area is 177 Å². The number of carbonyl (C=O) groups excluding carboxylic acids is 2. The molecular weight excluding hydrogens is 404 g/mol. The molecule has 1 saturated heterocycles. The molecule has 0 saturated carbocycles. The number of piperidine rings is 1. The fourth-order valence-electron chi connectivity index (χ4n) is 3.92. The van der Waals surface area contributed by atoms with Gasteiger partial charge in [0.25, 0.3) is 11.2 Å². The standard InChI is InChI=1S/C20H22N6O5/c1-11-5-6-12(26(30)31)9-14(11)21-18(28)13-10-15(27)22-17-16(13)19(29)24-20(23-17)25-7-3-2-4-8-25/h5-6,9,13H,2-4,7-8,10H2,1H3,(H,21,28)(H2,22,23,24,27,29)/t13-/m0/s1. The summed E-state index contributed by atoms with van der Waals surface area (Å²) >= 11 is 0. The van der Waals surface area contributed by atoms with Crippen LogP contribution in [0, 0.1) is 17.0 Å². The van der Waals surface area contributed by atoms with Crippen molar-refractivity contribution in [1.29, 1.82) is 0 Å². The van der Waals surface area contributed by atoms with Gasteiger partial charge in [0.1, 0.15) is 5.82 Å². The van der Waals surface area contributed by atoms with Gasteiger partial charge in [-0.2, -0.15) is 4.98 Å². The summed E-state index contributed by atoms with van der Waals surface area (Å²) in [7, 11) is 0. The number of amides is 2. The molecule has 2 aliphatic heterocycles. The van der Waals surface area contributed by atoms with Gasteiger partial charge >= 0.3 is 0 Å². The van der Waals surface area contributed by atoms with Crippen LogP contribution >= 0.6 is 0 Å². The van der Waals surface area contributed by atoms with Gasteiger partial charge in [-0.1, -0.05) is 6.07 Å². The lowest BCUT2D eigenvalue weighted by molar-refractivity contribution is -0.384. The van der Waals surface area contributed by atoms with Gasteiger partial charge in [0.05, 0.1) is 22.1 Å². The maximum absolute atomic E-state index is 13.0. The van der Waals surface area contributed by atoms with Crippen molar-refractivity contribution in [2.24, 2.45) is 0 Å². The minimum Gasteiger partial charge on any atom is -0.342 e. The van der Waals surface area contributed by atoms with Gasteiger partial charge < -0.3 is 15.5 Å². The second kappa shape index (κ2) is 8.17. The number of benzene rings is 1. The molecule has 1 aromatic carbocycles. The molecule has 11 heteroatoms. The van der Waals surface area contributed by atoms with E-state index >= 15 is 0 Å². The largest absolute Gasteiger partial charge is 0.342 e. The van der Waals surface area contributed by atoms with Crippen LogP contribution in [-0.2, 0) is 9.59 Å². The van der Waals surface area contributed by atoms with E-state index in [1.165, 1.54) is 18.2 Å². The first-order chi connectivity index (χ1) is 14.8. The van der Waals surface area contributed by atoms with Gasteiger partial charge in [0.2, 0.25) is 17.8 Å². The van der Waals surface area contributed by atoms with Crippen LogP contribution in [0.25, 0.3) is 0 Å². The number of nitrogens with zero attached hydrogens (tertiary/aromatic N) is 3. The molecule has 1 aromatic heterocycles.